The van der Waals surface area contributed by atoms with Crippen LogP contribution in [0.15, 0.2) is 41.3 Å². The Morgan fingerprint density at radius 3 is 2.96 bits per heavy atom. The minimum Gasteiger partial charge on any atom is -0.467 e. The van der Waals surface area contributed by atoms with Crippen LogP contribution in [0.4, 0.5) is 5.69 Å². The van der Waals surface area contributed by atoms with E-state index in [4.69, 9.17) is 21.1 Å². The van der Waals surface area contributed by atoms with Crippen molar-refractivity contribution in [3.05, 3.63) is 52.5 Å². The maximum Gasteiger partial charge on any atom is 0.279 e. The number of fused-ring (bicyclic) bond motifs is 1. The topological polar surface area (TPSA) is 52.0 Å². The molecule has 2 aromatic rings. The third-order valence-corrected chi connectivity index (χ3v) is 5.10. The van der Waals surface area contributed by atoms with E-state index in [1.54, 1.807) is 11.8 Å². The zero-order valence-electron chi connectivity index (χ0n) is 14.8. The van der Waals surface area contributed by atoms with E-state index in [0.717, 1.165) is 32.4 Å². The van der Waals surface area contributed by atoms with Crippen molar-refractivity contribution in [1.82, 2.24) is 0 Å². The van der Waals surface area contributed by atoms with Gasteiger partial charge in [0.25, 0.3) is 5.91 Å². The molecule has 0 saturated heterocycles. The molecule has 5 nitrogen and oxygen atoms in total. The van der Waals surface area contributed by atoms with Gasteiger partial charge in [-0.2, -0.15) is 0 Å². The molecule has 1 unspecified atom stereocenters. The van der Waals surface area contributed by atoms with Crippen LogP contribution >= 0.6 is 23.4 Å². The molecule has 0 spiro atoms. The lowest BCUT2D eigenvalue weighted by molar-refractivity contribution is -0.885. The van der Waals surface area contributed by atoms with Gasteiger partial charge in [0.1, 0.15) is 12.3 Å². The van der Waals surface area contributed by atoms with Gasteiger partial charge in [-0.05, 0) is 30.5 Å². The van der Waals surface area contributed by atoms with Gasteiger partial charge in [-0.25, -0.2) is 0 Å². The van der Waals surface area contributed by atoms with E-state index in [2.05, 4.69) is 5.32 Å². The van der Waals surface area contributed by atoms with Gasteiger partial charge in [0.05, 0.1) is 24.9 Å². The molecule has 1 aliphatic rings. The van der Waals surface area contributed by atoms with Crippen molar-refractivity contribution >= 4 is 35.0 Å². The van der Waals surface area contributed by atoms with Crippen molar-refractivity contribution in [3.63, 3.8) is 0 Å². The summed E-state index contributed by atoms with van der Waals surface area (Å²) in [4.78, 5) is 14.5. The predicted octanol–water partition coefficient (Wildman–Crippen LogP) is 2.58. The van der Waals surface area contributed by atoms with Gasteiger partial charge in [0.2, 0.25) is 0 Å². The third kappa shape index (κ3) is 4.71. The van der Waals surface area contributed by atoms with E-state index in [-0.39, 0.29) is 12.7 Å². The zero-order chi connectivity index (χ0) is 18.5. The summed E-state index contributed by atoms with van der Waals surface area (Å²) in [6.45, 7) is 1.72. The zero-order valence-corrected chi connectivity index (χ0v) is 16.4. The van der Waals surface area contributed by atoms with Crippen LogP contribution < -0.4 is 15.0 Å². The summed E-state index contributed by atoms with van der Waals surface area (Å²) < 4.78 is 11.0. The maximum absolute atomic E-state index is 12.4. The number of carbonyl (C=O) groups is 1. The smallest absolute Gasteiger partial charge is 0.279 e. The molecule has 3 rings (SSSR count). The molecule has 2 N–H and O–H groups in total. The van der Waals surface area contributed by atoms with Crippen LogP contribution in [0, 0.1) is 0 Å². The number of anilines is 1. The Bertz CT molecular complexity index is 800. The lowest BCUT2D eigenvalue weighted by Crippen LogP contribution is -3.08. The predicted molar refractivity (Wildman–Crippen MR) is 104 cm³/mol. The number of carbonyl (C=O) groups excluding carboxylic acids is 1. The largest absolute Gasteiger partial charge is 0.467 e. The lowest BCUT2D eigenvalue weighted by Gasteiger charge is -2.22. The summed E-state index contributed by atoms with van der Waals surface area (Å²) in [6, 6.07) is 11.6. The van der Waals surface area contributed by atoms with Crippen LogP contribution in [-0.4, -0.2) is 32.5 Å². The van der Waals surface area contributed by atoms with Gasteiger partial charge in [0.15, 0.2) is 13.3 Å². The molecule has 0 aliphatic carbocycles. The highest BCUT2D eigenvalue weighted by atomic mass is 35.5. The summed E-state index contributed by atoms with van der Waals surface area (Å²) in [5, 5.41) is 3.65. The molecule has 0 radical (unpaired) electrons. The van der Waals surface area contributed by atoms with E-state index < -0.39 is 0 Å². The fraction of sp³-hybridized carbons (Fsp3) is 0.316. The van der Waals surface area contributed by atoms with Gasteiger partial charge in [-0.15, -0.1) is 11.8 Å². The van der Waals surface area contributed by atoms with E-state index in [0.29, 0.717) is 24.7 Å². The molecule has 0 bridgehead atoms. The summed E-state index contributed by atoms with van der Waals surface area (Å²) in [5.74, 6) is 0.803. The molecule has 0 aromatic heterocycles. The Balaban J connectivity index is 1.65. The van der Waals surface area contributed by atoms with Crippen molar-refractivity contribution in [3.8, 4) is 5.75 Å². The molecule has 1 amide bonds. The fourth-order valence-electron chi connectivity index (χ4n) is 2.99. The van der Waals surface area contributed by atoms with E-state index in [9.17, 15) is 4.79 Å². The number of benzene rings is 2. The number of rotatable bonds is 6. The number of likely N-dealkylation sites (N-methyl/N-ethyl adjacent to an activating group) is 1. The van der Waals surface area contributed by atoms with Crippen molar-refractivity contribution in [1.29, 1.82) is 0 Å². The Morgan fingerprint density at radius 2 is 2.15 bits per heavy atom. The van der Waals surface area contributed by atoms with E-state index >= 15 is 0 Å². The summed E-state index contributed by atoms with van der Waals surface area (Å²) in [5.41, 5.74) is 2.79. The number of nitrogens with one attached hydrogen (secondary N) is 2. The maximum atomic E-state index is 12.4. The summed E-state index contributed by atoms with van der Waals surface area (Å²) in [7, 11) is 1.98. The molecule has 2 aromatic carbocycles. The van der Waals surface area contributed by atoms with Crippen LogP contribution in [0.3, 0.4) is 0 Å². The van der Waals surface area contributed by atoms with Crippen LogP contribution in [0.5, 0.6) is 5.75 Å². The average molecular weight is 394 g/mol. The standard InChI is InChI=1S/C19H21ClN2O3S/c1-22(10-18(23)21-16-5-3-4-6-17(16)26-2)9-13-7-15(20)8-14-11-24-12-25-19(13)14/h3-8H,9-12H2,1-2H3,(H,21,23)/p+1. The molecule has 7 heteroatoms. The monoisotopic (exact) mass is 393 g/mol. The highest BCUT2D eigenvalue weighted by Gasteiger charge is 2.20. The quantitative estimate of drug-likeness (QED) is 0.741. The first-order valence-corrected chi connectivity index (χ1v) is 9.93. The second kappa shape index (κ2) is 8.77. The summed E-state index contributed by atoms with van der Waals surface area (Å²) >= 11 is 7.82. The molecule has 1 atom stereocenters. The SMILES string of the molecule is CSc1ccccc1NC(=O)C[NH+](C)Cc1cc(Cl)cc2c1OCOC2. The third-order valence-electron chi connectivity index (χ3n) is 4.09. The van der Waals surface area contributed by atoms with Crippen LogP contribution in [0.2, 0.25) is 5.02 Å². The van der Waals surface area contributed by atoms with Crippen molar-refractivity contribution in [2.75, 3.05) is 32.0 Å². The fourth-order valence-corrected chi connectivity index (χ4v) is 3.81. The molecular weight excluding hydrogens is 372 g/mol. The lowest BCUT2D eigenvalue weighted by atomic mass is 10.1. The minimum absolute atomic E-state index is 0.0239. The highest BCUT2D eigenvalue weighted by Crippen LogP contribution is 2.31. The van der Waals surface area contributed by atoms with Gasteiger partial charge in [0, 0.05) is 15.5 Å². The second-order valence-corrected chi connectivity index (χ2v) is 7.51. The molecule has 1 heterocycles. The molecular formula is C19H22ClN2O3S+. The van der Waals surface area contributed by atoms with Gasteiger partial charge in [-0.3, -0.25) is 4.79 Å². The Hall–Kier alpha value is -1.73. The number of amides is 1. The molecule has 26 heavy (non-hydrogen) atoms. The van der Waals surface area contributed by atoms with Crippen LogP contribution in [0.25, 0.3) is 0 Å². The van der Waals surface area contributed by atoms with Crippen molar-refractivity contribution in [2.45, 2.75) is 18.0 Å². The normalized spacial score (nSPS) is 14.3. The first-order valence-electron chi connectivity index (χ1n) is 8.33. The van der Waals surface area contributed by atoms with Gasteiger partial charge < -0.3 is 19.7 Å². The Labute approximate surface area is 162 Å². The summed E-state index contributed by atoms with van der Waals surface area (Å²) in [6.07, 6.45) is 1.99. The molecule has 0 saturated carbocycles. The number of hydrogen-bond donors (Lipinski definition) is 2. The first kappa shape index (κ1) is 19.0. The van der Waals surface area contributed by atoms with Gasteiger partial charge >= 0.3 is 0 Å². The number of hydrogen-bond acceptors (Lipinski definition) is 4. The average Bonchev–Trinajstić information content (AvgIpc) is 2.61. The number of thioether (sulfide) groups is 1. The van der Waals surface area contributed by atoms with Crippen LogP contribution in [-0.2, 0) is 22.7 Å². The van der Waals surface area contributed by atoms with E-state index in [1.807, 2.05) is 49.7 Å². The number of halogens is 1. The van der Waals surface area contributed by atoms with E-state index in [1.165, 1.54) is 0 Å². The van der Waals surface area contributed by atoms with Crippen LogP contribution in [0.1, 0.15) is 11.1 Å². The highest BCUT2D eigenvalue weighted by molar-refractivity contribution is 7.98. The number of ether oxygens (including phenoxy) is 2. The molecule has 1 aliphatic heterocycles. The van der Waals surface area contributed by atoms with Gasteiger partial charge in [-0.1, -0.05) is 23.7 Å². The number of para-hydroxylation sites is 1. The molecule has 0 fully saturated rings. The molecule has 138 valence electrons. The second-order valence-electron chi connectivity index (χ2n) is 6.22. The van der Waals surface area contributed by atoms with Crippen molar-refractivity contribution < 1.29 is 19.2 Å². The number of quaternary nitrogens is 1. The first-order chi connectivity index (χ1) is 12.6. The Kier molecular flexibility index (Phi) is 6.43. The van der Waals surface area contributed by atoms with Crippen molar-refractivity contribution in [2.24, 2.45) is 0 Å². The Morgan fingerprint density at radius 1 is 1.35 bits per heavy atom. The minimum atomic E-state index is -0.0239.